The maximum absolute atomic E-state index is 13.4. The van der Waals surface area contributed by atoms with E-state index in [0.29, 0.717) is 0 Å². The van der Waals surface area contributed by atoms with E-state index in [4.69, 9.17) is 4.74 Å². The standard InChI is InChI=1S/C18H17F2NO3S/c1-11-3-5-14(7-12(11)2)25-10-18(23)24-9-17(22)21-16-8-13(19)4-6-15(16)20/h3-8H,9-10H2,1-2H3,(H,21,22). The van der Waals surface area contributed by atoms with E-state index in [2.05, 4.69) is 5.32 Å². The van der Waals surface area contributed by atoms with Crippen molar-refractivity contribution in [1.82, 2.24) is 0 Å². The fourth-order valence-corrected chi connectivity index (χ4v) is 2.71. The Hall–Kier alpha value is -2.41. The molecule has 0 fully saturated rings. The summed E-state index contributed by atoms with van der Waals surface area (Å²) < 4.78 is 31.3. The number of nitrogens with one attached hydrogen (secondary N) is 1. The van der Waals surface area contributed by atoms with E-state index >= 15 is 0 Å². The molecule has 0 heterocycles. The monoisotopic (exact) mass is 365 g/mol. The van der Waals surface area contributed by atoms with Gasteiger partial charge in [0.15, 0.2) is 6.61 Å². The van der Waals surface area contributed by atoms with Crippen molar-refractivity contribution in [3.8, 4) is 0 Å². The lowest BCUT2D eigenvalue weighted by atomic mass is 10.1. The summed E-state index contributed by atoms with van der Waals surface area (Å²) in [6.07, 6.45) is 0. The Bertz CT molecular complexity index is 796. The van der Waals surface area contributed by atoms with Gasteiger partial charge in [-0.3, -0.25) is 9.59 Å². The minimum atomic E-state index is -0.772. The number of benzene rings is 2. The highest BCUT2D eigenvalue weighted by molar-refractivity contribution is 8.00. The SMILES string of the molecule is Cc1ccc(SCC(=O)OCC(=O)Nc2cc(F)ccc2F)cc1C. The van der Waals surface area contributed by atoms with Gasteiger partial charge in [0.2, 0.25) is 0 Å². The molecule has 1 amide bonds. The van der Waals surface area contributed by atoms with Gasteiger partial charge in [-0.25, -0.2) is 8.78 Å². The maximum atomic E-state index is 13.4. The first-order valence-corrected chi connectivity index (χ1v) is 8.44. The topological polar surface area (TPSA) is 55.4 Å². The Balaban J connectivity index is 1.78. The minimum Gasteiger partial charge on any atom is -0.455 e. The number of anilines is 1. The Morgan fingerprint density at radius 1 is 1.08 bits per heavy atom. The molecule has 0 unspecified atom stereocenters. The Morgan fingerprint density at radius 3 is 2.56 bits per heavy atom. The molecule has 0 radical (unpaired) electrons. The molecule has 0 aliphatic heterocycles. The third kappa shape index (κ3) is 5.86. The first-order valence-electron chi connectivity index (χ1n) is 7.45. The average Bonchev–Trinajstić information content (AvgIpc) is 2.57. The molecular formula is C18H17F2NO3S. The number of hydrogen-bond acceptors (Lipinski definition) is 4. The molecule has 0 atom stereocenters. The van der Waals surface area contributed by atoms with Crippen LogP contribution in [0.15, 0.2) is 41.3 Å². The largest absolute Gasteiger partial charge is 0.455 e. The van der Waals surface area contributed by atoms with Gasteiger partial charge in [0.05, 0.1) is 11.4 Å². The highest BCUT2D eigenvalue weighted by Crippen LogP contribution is 2.21. The summed E-state index contributed by atoms with van der Waals surface area (Å²) in [4.78, 5) is 24.3. The van der Waals surface area contributed by atoms with Crippen molar-refractivity contribution in [2.45, 2.75) is 18.7 Å². The van der Waals surface area contributed by atoms with Crippen LogP contribution in [0.5, 0.6) is 0 Å². The Morgan fingerprint density at radius 2 is 1.84 bits per heavy atom. The summed E-state index contributed by atoms with van der Waals surface area (Å²) in [5, 5.41) is 2.16. The van der Waals surface area contributed by atoms with Crippen LogP contribution in [0, 0.1) is 25.5 Å². The lowest BCUT2D eigenvalue weighted by molar-refractivity contribution is -0.144. The van der Waals surface area contributed by atoms with Crippen LogP contribution < -0.4 is 5.32 Å². The third-order valence-corrected chi connectivity index (χ3v) is 4.37. The summed E-state index contributed by atoms with van der Waals surface area (Å²) in [6, 6.07) is 8.52. The van der Waals surface area contributed by atoms with E-state index in [9.17, 15) is 18.4 Å². The summed E-state index contributed by atoms with van der Waals surface area (Å²) in [5.41, 5.74) is 1.98. The number of carbonyl (C=O) groups excluding carboxylic acids is 2. The van der Waals surface area contributed by atoms with Gasteiger partial charge in [0.25, 0.3) is 5.91 Å². The molecule has 0 spiro atoms. The third-order valence-electron chi connectivity index (χ3n) is 3.40. The highest BCUT2D eigenvalue weighted by Gasteiger charge is 2.11. The number of hydrogen-bond donors (Lipinski definition) is 1. The molecule has 4 nitrogen and oxygen atoms in total. The Labute approximate surface area is 148 Å². The lowest BCUT2D eigenvalue weighted by Crippen LogP contribution is -2.22. The summed E-state index contributed by atoms with van der Waals surface area (Å²) in [7, 11) is 0. The van der Waals surface area contributed by atoms with Gasteiger partial charge in [-0.2, -0.15) is 0 Å². The van der Waals surface area contributed by atoms with Gasteiger partial charge in [0.1, 0.15) is 11.6 Å². The fourth-order valence-electron chi connectivity index (χ4n) is 1.91. The number of aryl methyl sites for hydroxylation is 2. The van der Waals surface area contributed by atoms with Crippen molar-refractivity contribution < 1.29 is 23.1 Å². The van der Waals surface area contributed by atoms with Crippen molar-refractivity contribution in [3.05, 3.63) is 59.2 Å². The first-order chi connectivity index (χ1) is 11.8. The number of ether oxygens (including phenoxy) is 1. The zero-order chi connectivity index (χ0) is 18.4. The normalized spacial score (nSPS) is 10.4. The molecule has 0 saturated heterocycles. The van der Waals surface area contributed by atoms with Crippen molar-refractivity contribution in [1.29, 1.82) is 0 Å². The van der Waals surface area contributed by atoms with Gasteiger partial charge in [-0.1, -0.05) is 6.07 Å². The maximum Gasteiger partial charge on any atom is 0.316 e. The molecule has 0 aromatic heterocycles. The van der Waals surface area contributed by atoms with Crippen LogP contribution in [0.3, 0.4) is 0 Å². The van der Waals surface area contributed by atoms with Gasteiger partial charge in [-0.05, 0) is 49.2 Å². The van der Waals surface area contributed by atoms with Crippen molar-refractivity contribution >= 4 is 29.3 Å². The number of carbonyl (C=O) groups is 2. The van der Waals surface area contributed by atoms with E-state index in [0.717, 1.165) is 34.2 Å². The molecule has 25 heavy (non-hydrogen) atoms. The van der Waals surface area contributed by atoms with Crippen molar-refractivity contribution in [3.63, 3.8) is 0 Å². The van der Waals surface area contributed by atoms with Gasteiger partial charge in [-0.15, -0.1) is 11.8 Å². The quantitative estimate of drug-likeness (QED) is 0.624. The zero-order valence-corrected chi connectivity index (χ0v) is 14.6. The average molecular weight is 365 g/mol. The minimum absolute atomic E-state index is 0.0457. The predicted molar refractivity (Wildman–Crippen MR) is 92.6 cm³/mol. The second-order valence-corrected chi connectivity index (χ2v) is 6.42. The van der Waals surface area contributed by atoms with Crippen LogP contribution in [-0.4, -0.2) is 24.2 Å². The van der Waals surface area contributed by atoms with Crippen LogP contribution in [0.1, 0.15) is 11.1 Å². The summed E-state index contributed by atoms with van der Waals surface area (Å²) in [5.74, 6) is -2.72. The summed E-state index contributed by atoms with van der Waals surface area (Å²) >= 11 is 1.30. The molecule has 0 aliphatic carbocycles. The van der Waals surface area contributed by atoms with E-state index in [-0.39, 0.29) is 11.4 Å². The molecule has 0 bridgehead atoms. The van der Waals surface area contributed by atoms with Crippen LogP contribution in [0.25, 0.3) is 0 Å². The second-order valence-electron chi connectivity index (χ2n) is 5.37. The van der Waals surface area contributed by atoms with Crippen molar-refractivity contribution in [2.75, 3.05) is 17.7 Å². The van der Waals surface area contributed by atoms with Gasteiger partial charge >= 0.3 is 5.97 Å². The number of thioether (sulfide) groups is 1. The first kappa shape index (κ1) is 18.9. The van der Waals surface area contributed by atoms with Gasteiger partial charge < -0.3 is 10.1 Å². The van der Waals surface area contributed by atoms with Crippen LogP contribution in [0.2, 0.25) is 0 Å². The molecule has 0 aliphatic rings. The number of esters is 1. The molecule has 1 N–H and O–H groups in total. The fraction of sp³-hybridized carbons (Fsp3) is 0.222. The molecular weight excluding hydrogens is 348 g/mol. The van der Waals surface area contributed by atoms with Crippen LogP contribution >= 0.6 is 11.8 Å². The number of halogens is 2. The highest BCUT2D eigenvalue weighted by atomic mass is 32.2. The molecule has 0 saturated carbocycles. The molecule has 2 aromatic carbocycles. The lowest BCUT2D eigenvalue weighted by Gasteiger charge is -2.08. The van der Waals surface area contributed by atoms with E-state index < -0.39 is 30.1 Å². The molecule has 2 aromatic rings. The molecule has 7 heteroatoms. The predicted octanol–water partition coefficient (Wildman–Crippen LogP) is 3.86. The van der Waals surface area contributed by atoms with Gasteiger partial charge in [0, 0.05) is 11.0 Å². The van der Waals surface area contributed by atoms with E-state index in [1.165, 1.54) is 11.8 Å². The second kappa shape index (κ2) is 8.62. The van der Waals surface area contributed by atoms with E-state index in [1.807, 2.05) is 32.0 Å². The zero-order valence-electron chi connectivity index (χ0n) is 13.8. The van der Waals surface area contributed by atoms with Crippen LogP contribution in [0.4, 0.5) is 14.5 Å². The summed E-state index contributed by atoms with van der Waals surface area (Å²) in [6.45, 7) is 3.41. The van der Waals surface area contributed by atoms with Crippen LogP contribution in [-0.2, 0) is 14.3 Å². The number of amides is 1. The smallest absolute Gasteiger partial charge is 0.316 e. The molecule has 2 rings (SSSR count). The van der Waals surface area contributed by atoms with E-state index in [1.54, 1.807) is 0 Å². The molecule has 132 valence electrons. The van der Waals surface area contributed by atoms with Crippen molar-refractivity contribution in [2.24, 2.45) is 0 Å². The number of rotatable bonds is 6. The Kier molecular flexibility index (Phi) is 6.52.